The molecule has 0 aromatic heterocycles. The van der Waals surface area contributed by atoms with Gasteiger partial charge in [-0.25, -0.2) is 0 Å². The summed E-state index contributed by atoms with van der Waals surface area (Å²) in [6.45, 7) is 22.5. The molecule has 0 amide bonds. The van der Waals surface area contributed by atoms with Crippen LogP contribution in [0.1, 0.15) is 214 Å². The summed E-state index contributed by atoms with van der Waals surface area (Å²) in [4.78, 5) is 19.3. The molecular weight excluding hydrogens is 1750 g/mol. The minimum absolute atomic E-state index is 1.02. The summed E-state index contributed by atoms with van der Waals surface area (Å²) in [5.74, 6) is 0. The summed E-state index contributed by atoms with van der Waals surface area (Å²) in [5.41, 5.74) is 39.2. The summed E-state index contributed by atoms with van der Waals surface area (Å²) in [6, 6.07) is 156. The molecule has 0 heterocycles. The Labute approximate surface area is 861 Å². The molecule has 17 aromatic carbocycles. The zero-order valence-corrected chi connectivity index (χ0v) is 86.8. The van der Waals surface area contributed by atoms with Crippen LogP contribution < -0.4 is 39.2 Å². The molecule has 0 aliphatic carbocycles. The first-order valence-corrected chi connectivity index (χ1v) is 53.8. The van der Waals surface area contributed by atoms with Crippen LogP contribution in [0.3, 0.4) is 0 Å². The van der Waals surface area contributed by atoms with Gasteiger partial charge in [-0.2, -0.15) is 0 Å². The predicted octanol–water partition coefficient (Wildman–Crippen LogP) is 40.8. The fourth-order valence-corrected chi connectivity index (χ4v) is 19.8. The monoisotopic (exact) mass is 1890 g/mol. The van der Waals surface area contributed by atoms with E-state index < -0.39 is 0 Å². The van der Waals surface area contributed by atoms with Crippen molar-refractivity contribution in [3.63, 3.8) is 0 Å². The van der Waals surface area contributed by atoms with Crippen molar-refractivity contribution in [2.45, 2.75) is 223 Å². The SMILES string of the molecule is CCCCc1ccc(N(c2ccc(C)cc2)c2ccc(N(c3ccc(N(c4ccc(C)cc4)c4ccc(N(c5ccc(N(c6ccc(CCCC)cc6)c6ccc(CCCC)cc6)cc5)c5ccc(N(c6ccc(CCCC)cc6)c6ccc(CCCC)cc6)cc5)cc4)cc3)c3ccc(N(c4ccc(CCCC)cc4)c4ccc(N(c5ccc(CCCC)cc5)c5ccc(CCCC)cc5)cc4)cc3)cc2)cc1. The number of hydrogen-bond acceptors (Lipinski definition) is 8. The molecule has 0 aliphatic heterocycles. The molecule has 0 unspecified atom stereocenters. The number of aryl methyl sites for hydroxylation is 10. The Kier molecular flexibility index (Phi) is 35.1. The third-order valence-corrected chi connectivity index (χ3v) is 28.3. The van der Waals surface area contributed by atoms with Crippen LogP contribution in [0.15, 0.2) is 413 Å². The van der Waals surface area contributed by atoms with Crippen molar-refractivity contribution >= 4 is 136 Å². The minimum Gasteiger partial charge on any atom is -0.311 e. The molecule has 144 heavy (non-hydrogen) atoms. The van der Waals surface area contributed by atoms with E-state index in [2.05, 4.69) is 521 Å². The first-order valence-electron chi connectivity index (χ1n) is 53.8. The van der Waals surface area contributed by atoms with Crippen LogP contribution in [0.4, 0.5) is 136 Å². The normalized spacial score (nSPS) is 11.2. The number of rotatable bonds is 48. The lowest BCUT2D eigenvalue weighted by Gasteiger charge is -2.31. The standard InChI is InChI=1S/C136H146N8/c1-11-19-27-105-39-59-115(60-40-105)137(113-55-35-103(9)36-56-113)123-75-91-131(92-76-123)143(136-101-89-130(90-102-136)142(122-73-53-112(54-74-122)34-26-18-8)129-87-81-126(82-88-129)139(116-61-41-106(42-62-116)28-20-12-2)117-63-43-107(44-64-117)29-21-13-3)132-93-77-124(78-94-132)138(114-57-37-104(10)38-58-114)125-79-95-133(96-80-125)144(134-97-83-127(84-98-134)140(118-65-45-108(46-66-118)30-22-14-4)119-67-47-109(48-68-119)31-23-15-5)135-99-85-128(86-100-135)141(120-69-49-110(50-70-120)32-24-16-6)121-71-51-111(52-72-121)33-25-17-7/h35-102H,11-34H2,1-10H3. The van der Waals surface area contributed by atoms with Crippen LogP contribution in [0.5, 0.6) is 0 Å². The van der Waals surface area contributed by atoms with Gasteiger partial charge in [0.1, 0.15) is 0 Å². The smallest absolute Gasteiger partial charge is 0.0463 e. The summed E-state index contributed by atoms with van der Waals surface area (Å²) in [7, 11) is 0. The molecule has 730 valence electrons. The molecule has 0 bridgehead atoms. The van der Waals surface area contributed by atoms with E-state index >= 15 is 0 Å². The van der Waals surface area contributed by atoms with Crippen molar-refractivity contribution in [3.8, 4) is 0 Å². The highest BCUT2D eigenvalue weighted by atomic mass is 15.2. The number of nitrogens with zero attached hydrogens (tertiary/aromatic N) is 8. The third-order valence-electron chi connectivity index (χ3n) is 28.3. The maximum Gasteiger partial charge on any atom is 0.0463 e. The van der Waals surface area contributed by atoms with Gasteiger partial charge >= 0.3 is 0 Å². The Bertz CT molecular complexity index is 6430. The van der Waals surface area contributed by atoms with Crippen molar-refractivity contribution in [3.05, 3.63) is 468 Å². The number of unbranched alkanes of at least 4 members (excludes halogenated alkanes) is 8. The van der Waals surface area contributed by atoms with Gasteiger partial charge in [-0.15, -0.1) is 0 Å². The van der Waals surface area contributed by atoms with E-state index in [1.54, 1.807) is 0 Å². The van der Waals surface area contributed by atoms with Gasteiger partial charge < -0.3 is 39.2 Å². The van der Waals surface area contributed by atoms with Crippen LogP contribution in [-0.4, -0.2) is 0 Å². The van der Waals surface area contributed by atoms with Gasteiger partial charge in [0.15, 0.2) is 0 Å². The van der Waals surface area contributed by atoms with Crippen molar-refractivity contribution in [2.75, 3.05) is 39.2 Å². The average molecular weight is 1890 g/mol. The molecule has 0 saturated carbocycles. The molecule has 8 nitrogen and oxygen atoms in total. The molecule has 0 aliphatic rings. The molecule has 0 radical (unpaired) electrons. The number of hydrogen-bond donors (Lipinski definition) is 0. The molecule has 8 heteroatoms. The van der Waals surface area contributed by atoms with E-state index in [1.165, 1.54) is 107 Å². The van der Waals surface area contributed by atoms with Gasteiger partial charge in [-0.3, -0.25) is 0 Å². The predicted molar refractivity (Wildman–Crippen MR) is 622 cm³/mol. The second-order valence-corrected chi connectivity index (χ2v) is 39.1. The first kappa shape index (κ1) is 101. The van der Waals surface area contributed by atoms with Crippen molar-refractivity contribution in [2.24, 2.45) is 0 Å². The quantitative estimate of drug-likeness (QED) is 0.0372. The van der Waals surface area contributed by atoms with E-state index in [4.69, 9.17) is 0 Å². The van der Waals surface area contributed by atoms with Gasteiger partial charge in [0, 0.05) is 136 Å². The molecular formula is C136H146N8. The zero-order valence-electron chi connectivity index (χ0n) is 86.8. The molecule has 0 spiro atoms. The Morgan fingerprint density at radius 1 is 0.104 bits per heavy atom. The van der Waals surface area contributed by atoms with Gasteiger partial charge in [0.25, 0.3) is 0 Å². The van der Waals surface area contributed by atoms with Crippen molar-refractivity contribution < 1.29 is 0 Å². The highest BCUT2D eigenvalue weighted by Crippen LogP contribution is 2.49. The molecule has 17 aromatic rings. The van der Waals surface area contributed by atoms with Crippen LogP contribution in [-0.2, 0) is 51.4 Å². The zero-order chi connectivity index (χ0) is 99.3. The maximum atomic E-state index is 2.42. The van der Waals surface area contributed by atoms with Crippen LogP contribution in [0.2, 0.25) is 0 Å². The molecule has 17 rings (SSSR count). The first-order chi connectivity index (χ1) is 70.8. The highest BCUT2D eigenvalue weighted by Gasteiger charge is 2.26. The van der Waals surface area contributed by atoms with Gasteiger partial charge in [0.05, 0.1) is 0 Å². The lowest BCUT2D eigenvalue weighted by Crippen LogP contribution is -2.14. The lowest BCUT2D eigenvalue weighted by atomic mass is 10.1. The Balaban J connectivity index is 0.757. The Morgan fingerprint density at radius 3 is 0.250 bits per heavy atom. The van der Waals surface area contributed by atoms with Crippen LogP contribution in [0, 0.1) is 13.8 Å². The summed E-state index contributed by atoms with van der Waals surface area (Å²) >= 11 is 0. The summed E-state index contributed by atoms with van der Waals surface area (Å²) < 4.78 is 0. The van der Waals surface area contributed by atoms with E-state index in [0.717, 1.165) is 239 Å². The maximum absolute atomic E-state index is 2.42. The van der Waals surface area contributed by atoms with E-state index in [-0.39, 0.29) is 0 Å². The Hall–Kier alpha value is -14.9. The van der Waals surface area contributed by atoms with Crippen molar-refractivity contribution in [1.29, 1.82) is 0 Å². The van der Waals surface area contributed by atoms with Gasteiger partial charge in [-0.05, 0) is 452 Å². The van der Waals surface area contributed by atoms with E-state index in [9.17, 15) is 0 Å². The second kappa shape index (κ2) is 50.2. The van der Waals surface area contributed by atoms with Crippen LogP contribution in [0.25, 0.3) is 0 Å². The van der Waals surface area contributed by atoms with E-state index in [1.807, 2.05) is 0 Å². The average Bonchev–Trinajstić information content (AvgIpc) is 0.757. The summed E-state index contributed by atoms with van der Waals surface area (Å²) in [6.07, 6.45) is 27.2. The minimum atomic E-state index is 1.02. The van der Waals surface area contributed by atoms with Gasteiger partial charge in [0.2, 0.25) is 0 Å². The molecule has 0 saturated heterocycles. The topological polar surface area (TPSA) is 25.9 Å². The Morgan fingerprint density at radius 2 is 0.174 bits per heavy atom. The fraction of sp³-hybridized carbons (Fsp3) is 0.250. The van der Waals surface area contributed by atoms with Crippen molar-refractivity contribution in [1.82, 2.24) is 0 Å². The van der Waals surface area contributed by atoms with Crippen LogP contribution >= 0.6 is 0 Å². The largest absolute Gasteiger partial charge is 0.311 e. The molecule has 0 fully saturated rings. The van der Waals surface area contributed by atoms with Gasteiger partial charge in [-0.1, -0.05) is 239 Å². The molecule has 0 N–H and O–H groups in total. The third kappa shape index (κ3) is 25.2. The fourth-order valence-electron chi connectivity index (χ4n) is 19.8. The second-order valence-electron chi connectivity index (χ2n) is 39.1. The molecule has 0 atom stereocenters. The summed E-state index contributed by atoms with van der Waals surface area (Å²) in [5, 5.41) is 0. The van der Waals surface area contributed by atoms with E-state index in [0.29, 0.717) is 0 Å². The highest BCUT2D eigenvalue weighted by molar-refractivity contribution is 5.90. The number of anilines is 24. The number of benzene rings is 17. The lowest BCUT2D eigenvalue weighted by molar-refractivity contribution is 0.795.